The zero-order chi connectivity index (χ0) is 13.0. The number of carbonyl (C=O) groups is 1. The molecule has 1 saturated heterocycles. The second-order valence-corrected chi connectivity index (χ2v) is 4.60. The lowest BCUT2D eigenvalue weighted by Crippen LogP contribution is -2.58. The molecule has 7 heteroatoms. The summed E-state index contributed by atoms with van der Waals surface area (Å²) in [5.74, 6) is -0.139. The van der Waals surface area contributed by atoms with Gasteiger partial charge in [0.25, 0.3) is 0 Å². The zero-order valence-corrected chi connectivity index (χ0v) is 10.5. The number of nitrogens with one attached hydrogen (secondary N) is 1. The average molecular weight is 265 g/mol. The smallest absolute Gasteiger partial charge is 0.220 e. The number of ether oxygens (including phenoxy) is 1. The van der Waals surface area contributed by atoms with E-state index in [-0.39, 0.29) is 12.5 Å². The topological polar surface area (TPSA) is 99.0 Å². The summed E-state index contributed by atoms with van der Waals surface area (Å²) in [7, 11) is 0. The molecule has 0 aromatic carbocycles. The quantitative estimate of drug-likeness (QED) is 0.404. The second kappa shape index (κ2) is 6.55. The van der Waals surface area contributed by atoms with Crippen molar-refractivity contribution in [2.45, 2.75) is 49.6 Å². The average Bonchev–Trinajstić information content (AvgIpc) is 2.30. The summed E-state index contributed by atoms with van der Waals surface area (Å²) in [6, 6.07) is 0. The minimum Gasteiger partial charge on any atom is -0.388 e. The highest BCUT2D eigenvalue weighted by Gasteiger charge is 2.42. The van der Waals surface area contributed by atoms with Crippen LogP contribution in [0, 0.1) is 0 Å². The van der Waals surface area contributed by atoms with Gasteiger partial charge in [0, 0.05) is 13.0 Å². The van der Waals surface area contributed by atoms with Gasteiger partial charge in [-0.3, -0.25) is 4.79 Å². The van der Waals surface area contributed by atoms with Gasteiger partial charge in [0.15, 0.2) is 0 Å². The van der Waals surface area contributed by atoms with E-state index >= 15 is 0 Å². The fourth-order valence-electron chi connectivity index (χ4n) is 1.63. The van der Waals surface area contributed by atoms with E-state index in [1.54, 1.807) is 0 Å². The summed E-state index contributed by atoms with van der Waals surface area (Å²) in [4.78, 5) is 11.2. The first-order valence-corrected chi connectivity index (χ1v) is 6.13. The Bertz CT molecular complexity index is 265. The van der Waals surface area contributed by atoms with E-state index in [0.29, 0.717) is 6.42 Å². The van der Waals surface area contributed by atoms with Crippen molar-refractivity contribution in [1.29, 1.82) is 0 Å². The van der Waals surface area contributed by atoms with Crippen LogP contribution in [-0.4, -0.2) is 57.6 Å². The van der Waals surface area contributed by atoms with Crippen molar-refractivity contribution in [3.8, 4) is 0 Å². The highest BCUT2D eigenvalue weighted by molar-refractivity contribution is 7.80. The summed E-state index contributed by atoms with van der Waals surface area (Å²) in [6.45, 7) is 1.97. The van der Waals surface area contributed by atoms with Crippen LogP contribution in [-0.2, 0) is 9.53 Å². The van der Waals surface area contributed by atoms with E-state index in [4.69, 9.17) is 4.74 Å². The van der Waals surface area contributed by atoms with Crippen molar-refractivity contribution < 1.29 is 24.9 Å². The second-order valence-electron chi connectivity index (χ2n) is 4.09. The van der Waals surface area contributed by atoms with Crippen LogP contribution in [0.15, 0.2) is 0 Å². The van der Waals surface area contributed by atoms with Crippen LogP contribution < -0.4 is 5.32 Å². The van der Waals surface area contributed by atoms with Crippen molar-refractivity contribution in [2.24, 2.45) is 0 Å². The van der Waals surface area contributed by atoms with Crippen molar-refractivity contribution in [2.75, 3.05) is 6.54 Å². The Hall–Kier alpha value is -0.340. The highest BCUT2D eigenvalue weighted by Crippen LogP contribution is 2.22. The highest BCUT2D eigenvalue weighted by atomic mass is 32.1. The van der Waals surface area contributed by atoms with Crippen LogP contribution >= 0.6 is 12.6 Å². The van der Waals surface area contributed by atoms with Crippen LogP contribution in [0.4, 0.5) is 0 Å². The first-order chi connectivity index (χ1) is 7.97. The van der Waals surface area contributed by atoms with Crippen LogP contribution in [0.2, 0.25) is 0 Å². The van der Waals surface area contributed by atoms with E-state index in [1.807, 2.05) is 6.92 Å². The van der Waals surface area contributed by atoms with Crippen molar-refractivity contribution in [3.63, 3.8) is 0 Å². The first kappa shape index (κ1) is 14.7. The Morgan fingerprint density at radius 3 is 2.53 bits per heavy atom. The number of thiol groups is 1. The van der Waals surface area contributed by atoms with Gasteiger partial charge in [0.2, 0.25) is 5.91 Å². The predicted octanol–water partition coefficient (Wildman–Crippen LogP) is -1.36. The van der Waals surface area contributed by atoms with Gasteiger partial charge in [0.05, 0.1) is 0 Å². The third-order valence-corrected chi connectivity index (χ3v) is 3.09. The van der Waals surface area contributed by atoms with Crippen molar-refractivity contribution >= 4 is 18.5 Å². The number of aliphatic hydroxyl groups excluding tert-OH is 3. The first-order valence-electron chi connectivity index (χ1n) is 5.61. The van der Waals surface area contributed by atoms with Gasteiger partial charge in [-0.25, -0.2) is 0 Å². The van der Waals surface area contributed by atoms with Crippen LogP contribution in [0.25, 0.3) is 0 Å². The zero-order valence-electron chi connectivity index (χ0n) is 9.61. The summed E-state index contributed by atoms with van der Waals surface area (Å²) < 4.78 is 5.20. The number of hydrogen-bond donors (Lipinski definition) is 5. The van der Waals surface area contributed by atoms with E-state index in [9.17, 15) is 20.1 Å². The predicted molar refractivity (Wildman–Crippen MR) is 63.6 cm³/mol. The Morgan fingerprint density at radius 1 is 1.29 bits per heavy atom. The van der Waals surface area contributed by atoms with Gasteiger partial charge in [-0.05, 0) is 6.42 Å². The van der Waals surface area contributed by atoms with Crippen LogP contribution in [0.5, 0.6) is 0 Å². The SMILES string of the molecule is CCCC(=O)NC[C@H]1O[C@@H](S)[C@@H](O)[C@@H](O)[C@@H]1O. The van der Waals surface area contributed by atoms with Gasteiger partial charge in [0.1, 0.15) is 29.9 Å². The van der Waals surface area contributed by atoms with Crippen molar-refractivity contribution in [3.05, 3.63) is 0 Å². The molecule has 0 aromatic rings. The third-order valence-electron chi connectivity index (χ3n) is 2.66. The summed E-state index contributed by atoms with van der Waals surface area (Å²) in [6.07, 6.45) is -3.43. The molecular weight excluding hydrogens is 246 g/mol. The van der Waals surface area contributed by atoms with Crippen molar-refractivity contribution in [1.82, 2.24) is 5.32 Å². The number of hydrogen-bond acceptors (Lipinski definition) is 6. The van der Waals surface area contributed by atoms with Gasteiger partial charge in [-0.15, -0.1) is 12.6 Å². The van der Waals surface area contributed by atoms with Gasteiger partial charge in [-0.2, -0.15) is 0 Å². The molecule has 1 aliphatic heterocycles. The van der Waals surface area contributed by atoms with E-state index in [2.05, 4.69) is 17.9 Å². The van der Waals surface area contributed by atoms with E-state index in [1.165, 1.54) is 0 Å². The molecule has 17 heavy (non-hydrogen) atoms. The molecule has 5 atom stereocenters. The molecule has 0 saturated carbocycles. The largest absolute Gasteiger partial charge is 0.388 e. The van der Waals surface area contributed by atoms with Gasteiger partial charge >= 0.3 is 0 Å². The molecule has 1 aliphatic rings. The Kier molecular flexibility index (Phi) is 5.68. The summed E-state index contributed by atoms with van der Waals surface area (Å²) in [5, 5.41) is 31.1. The number of carbonyl (C=O) groups excluding carboxylic acids is 1. The standard InChI is InChI=1S/C10H19NO5S/c1-2-3-6(12)11-4-5-7(13)8(14)9(15)10(17)16-5/h5,7-10,13-15,17H,2-4H2,1H3,(H,11,12)/t5-,7-,8+,9+,10+/m1/s1. The number of amides is 1. The van der Waals surface area contributed by atoms with Gasteiger partial charge < -0.3 is 25.4 Å². The lowest BCUT2D eigenvalue weighted by molar-refractivity contribution is -0.195. The summed E-state index contributed by atoms with van der Waals surface area (Å²) >= 11 is 3.95. The molecule has 100 valence electrons. The van der Waals surface area contributed by atoms with Crippen LogP contribution in [0.1, 0.15) is 19.8 Å². The Balaban J connectivity index is 2.45. The molecule has 0 spiro atoms. The number of aliphatic hydroxyl groups is 3. The third kappa shape index (κ3) is 3.82. The molecule has 0 aliphatic carbocycles. The molecule has 0 aromatic heterocycles. The Labute approximate surface area is 105 Å². The monoisotopic (exact) mass is 265 g/mol. The van der Waals surface area contributed by atoms with E-state index in [0.717, 1.165) is 6.42 Å². The maximum atomic E-state index is 11.2. The maximum absolute atomic E-state index is 11.2. The normalized spacial score (nSPS) is 37.8. The molecule has 6 nitrogen and oxygen atoms in total. The van der Waals surface area contributed by atoms with Gasteiger partial charge in [-0.1, -0.05) is 6.92 Å². The molecule has 1 rings (SSSR count). The molecule has 4 N–H and O–H groups in total. The van der Waals surface area contributed by atoms with E-state index < -0.39 is 29.9 Å². The molecule has 1 heterocycles. The fraction of sp³-hybridized carbons (Fsp3) is 0.900. The molecule has 0 unspecified atom stereocenters. The minimum atomic E-state index is -1.32. The fourth-order valence-corrected chi connectivity index (χ4v) is 1.96. The summed E-state index contributed by atoms with van der Waals surface area (Å²) in [5.41, 5.74) is -0.874. The Morgan fingerprint density at radius 2 is 1.94 bits per heavy atom. The van der Waals surface area contributed by atoms with Crippen LogP contribution in [0.3, 0.4) is 0 Å². The molecular formula is C10H19NO5S. The molecule has 0 bridgehead atoms. The molecule has 1 amide bonds. The lowest BCUT2D eigenvalue weighted by Gasteiger charge is -2.38. The number of rotatable bonds is 4. The lowest BCUT2D eigenvalue weighted by atomic mass is 10.00. The molecule has 1 fully saturated rings. The molecule has 0 radical (unpaired) electrons. The maximum Gasteiger partial charge on any atom is 0.220 e. The minimum absolute atomic E-state index is 0.0842.